The van der Waals surface area contributed by atoms with Gasteiger partial charge < -0.3 is 19.6 Å². The van der Waals surface area contributed by atoms with Crippen LogP contribution < -0.4 is 16.0 Å². The van der Waals surface area contributed by atoms with Gasteiger partial charge in [-0.1, -0.05) is 5.16 Å². The molecule has 2 amide bonds. The van der Waals surface area contributed by atoms with Gasteiger partial charge in [0.1, 0.15) is 17.3 Å². The van der Waals surface area contributed by atoms with E-state index in [0.29, 0.717) is 29.6 Å². The Labute approximate surface area is 165 Å². The van der Waals surface area contributed by atoms with Crippen molar-refractivity contribution in [2.24, 2.45) is 0 Å². The molecule has 150 valence electrons. The van der Waals surface area contributed by atoms with E-state index in [1.165, 1.54) is 4.68 Å². The number of nitrogens with zero attached hydrogens (tertiary/aromatic N) is 3. The zero-order valence-electron chi connectivity index (χ0n) is 15.7. The van der Waals surface area contributed by atoms with Crippen molar-refractivity contribution in [2.45, 2.75) is 44.4 Å². The molecule has 0 aromatic carbocycles. The summed E-state index contributed by atoms with van der Waals surface area (Å²) in [7, 11) is 0. The van der Waals surface area contributed by atoms with Crippen LogP contribution in [-0.4, -0.2) is 32.8 Å². The summed E-state index contributed by atoms with van der Waals surface area (Å²) in [5, 5.41) is 17.3. The molecule has 2 fully saturated rings. The number of nitrogens with one attached hydrogen (secondary N) is 3. The van der Waals surface area contributed by atoms with Crippen LogP contribution >= 0.6 is 0 Å². The first-order valence-corrected chi connectivity index (χ1v) is 9.53. The molecule has 3 aromatic rings. The Morgan fingerprint density at radius 2 is 2.21 bits per heavy atom. The maximum atomic E-state index is 12.7. The van der Waals surface area contributed by atoms with Gasteiger partial charge in [-0.15, -0.1) is 0 Å². The predicted molar refractivity (Wildman–Crippen MR) is 101 cm³/mol. The van der Waals surface area contributed by atoms with Crippen LogP contribution in [0.2, 0.25) is 0 Å². The molecule has 1 saturated carbocycles. The maximum Gasteiger partial charge on any atom is 0.278 e. The summed E-state index contributed by atoms with van der Waals surface area (Å²) in [6.07, 6.45) is 3.42. The number of carbonyl (C=O) groups is 2. The van der Waals surface area contributed by atoms with Gasteiger partial charge in [0.2, 0.25) is 5.91 Å². The van der Waals surface area contributed by atoms with Crippen LogP contribution in [0.15, 0.2) is 39.5 Å². The first-order chi connectivity index (χ1) is 14.1. The van der Waals surface area contributed by atoms with Gasteiger partial charge in [0, 0.05) is 30.5 Å². The fourth-order valence-corrected chi connectivity index (χ4v) is 3.36. The van der Waals surface area contributed by atoms with Gasteiger partial charge in [-0.3, -0.25) is 14.9 Å². The Morgan fingerprint density at radius 3 is 2.93 bits per heavy atom. The summed E-state index contributed by atoms with van der Waals surface area (Å²) in [6.45, 7) is 1.91. The monoisotopic (exact) mass is 396 g/mol. The Hall–Kier alpha value is -3.40. The molecule has 1 aliphatic heterocycles. The minimum absolute atomic E-state index is 0.0368. The number of amides is 2. The smallest absolute Gasteiger partial charge is 0.278 e. The van der Waals surface area contributed by atoms with E-state index in [-0.39, 0.29) is 17.6 Å². The van der Waals surface area contributed by atoms with E-state index in [4.69, 9.17) is 8.94 Å². The van der Waals surface area contributed by atoms with Crippen molar-refractivity contribution in [2.75, 3.05) is 5.32 Å². The molecule has 2 unspecified atom stereocenters. The second kappa shape index (κ2) is 6.89. The lowest BCUT2D eigenvalue weighted by molar-refractivity contribution is -0.125. The third-order valence-electron chi connectivity index (χ3n) is 4.97. The molecule has 5 rings (SSSR count). The Balaban J connectivity index is 1.45. The summed E-state index contributed by atoms with van der Waals surface area (Å²) in [5.41, 5.74) is 0.728. The summed E-state index contributed by atoms with van der Waals surface area (Å²) >= 11 is 0. The lowest BCUT2D eigenvalue weighted by Gasteiger charge is -2.30. The predicted octanol–water partition coefficient (Wildman–Crippen LogP) is 2.21. The zero-order chi connectivity index (χ0) is 20.0. The van der Waals surface area contributed by atoms with Crippen LogP contribution in [0.1, 0.15) is 54.6 Å². The minimum atomic E-state index is -0.607. The molecule has 10 nitrogen and oxygen atoms in total. The highest BCUT2D eigenvalue weighted by molar-refractivity contribution is 6.02. The van der Waals surface area contributed by atoms with Crippen LogP contribution in [0.4, 0.5) is 5.82 Å². The van der Waals surface area contributed by atoms with Gasteiger partial charge in [0.05, 0.1) is 6.26 Å². The van der Waals surface area contributed by atoms with Gasteiger partial charge in [-0.2, -0.15) is 5.10 Å². The Kier molecular flexibility index (Phi) is 4.20. The molecule has 10 heteroatoms. The summed E-state index contributed by atoms with van der Waals surface area (Å²) in [5.74, 6) is 1.52. The van der Waals surface area contributed by atoms with Crippen LogP contribution in [0.5, 0.6) is 0 Å². The van der Waals surface area contributed by atoms with Gasteiger partial charge in [0.25, 0.3) is 5.91 Å². The van der Waals surface area contributed by atoms with Gasteiger partial charge in [-0.25, -0.2) is 4.68 Å². The van der Waals surface area contributed by atoms with Crippen molar-refractivity contribution < 1.29 is 18.5 Å². The van der Waals surface area contributed by atoms with Crippen LogP contribution in [0.25, 0.3) is 11.5 Å². The molecule has 2 aliphatic rings. The van der Waals surface area contributed by atoms with Gasteiger partial charge in [-0.05, 0) is 31.9 Å². The van der Waals surface area contributed by atoms with E-state index in [1.807, 2.05) is 6.92 Å². The first kappa shape index (κ1) is 17.7. The molecule has 3 N–H and O–H groups in total. The molecular weight excluding hydrogens is 376 g/mol. The maximum absolute atomic E-state index is 12.7. The van der Waals surface area contributed by atoms with E-state index in [2.05, 4.69) is 26.2 Å². The number of aromatic nitrogens is 3. The summed E-state index contributed by atoms with van der Waals surface area (Å²) in [4.78, 5) is 24.7. The van der Waals surface area contributed by atoms with E-state index < -0.39 is 12.2 Å². The first-order valence-electron chi connectivity index (χ1n) is 9.53. The quantitative estimate of drug-likeness (QED) is 0.603. The van der Waals surface area contributed by atoms with Crippen LogP contribution in [0.3, 0.4) is 0 Å². The normalized spacial score (nSPS) is 21.8. The van der Waals surface area contributed by atoms with Gasteiger partial charge >= 0.3 is 0 Å². The van der Waals surface area contributed by atoms with Gasteiger partial charge in [0.15, 0.2) is 17.7 Å². The molecule has 1 aliphatic carbocycles. The average molecular weight is 396 g/mol. The molecular formula is C19H20N6O4. The standard InChI is InChI=1S/C19H20N6O4/c1-10-7-17(26)22-19(20-10)25-16(9-12(23-25)14-3-2-6-28-14)21-18(27)13-8-15(29-24-13)11-4-5-11/h2-3,6,8-11,19-20H,4-5,7H2,1H3,(H,21,27)(H,22,26). The fraction of sp³-hybridized carbons (Fsp3) is 0.368. The van der Waals surface area contributed by atoms with Crippen molar-refractivity contribution in [1.29, 1.82) is 0 Å². The highest BCUT2D eigenvalue weighted by Crippen LogP contribution is 2.40. The van der Waals surface area contributed by atoms with Crippen LogP contribution in [0, 0.1) is 0 Å². The SMILES string of the molecule is CC1CC(=O)NC(n2nc(-c3ccco3)cc2NC(=O)c2cc(C3CC3)on2)N1. The van der Waals surface area contributed by atoms with Crippen molar-refractivity contribution >= 4 is 17.6 Å². The number of rotatable bonds is 5. The molecule has 0 radical (unpaired) electrons. The molecule has 0 spiro atoms. The Morgan fingerprint density at radius 1 is 1.34 bits per heavy atom. The second-order valence-corrected chi connectivity index (χ2v) is 7.42. The number of carbonyl (C=O) groups excluding carboxylic acids is 2. The number of hydrogen-bond acceptors (Lipinski definition) is 7. The third-order valence-corrected chi connectivity index (χ3v) is 4.97. The number of anilines is 1. The second-order valence-electron chi connectivity index (χ2n) is 7.42. The summed E-state index contributed by atoms with van der Waals surface area (Å²) in [6, 6.07) is 6.85. The van der Waals surface area contributed by atoms with Crippen molar-refractivity contribution in [1.82, 2.24) is 25.6 Å². The van der Waals surface area contributed by atoms with Crippen molar-refractivity contribution in [3.8, 4) is 11.5 Å². The largest absolute Gasteiger partial charge is 0.463 e. The van der Waals surface area contributed by atoms with Crippen molar-refractivity contribution in [3.63, 3.8) is 0 Å². The molecule has 2 atom stereocenters. The topological polar surface area (TPSA) is 127 Å². The molecule has 0 bridgehead atoms. The molecule has 3 aromatic heterocycles. The highest BCUT2D eigenvalue weighted by Gasteiger charge is 2.30. The van der Waals surface area contributed by atoms with E-state index >= 15 is 0 Å². The number of furan rings is 1. The fourth-order valence-electron chi connectivity index (χ4n) is 3.36. The minimum Gasteiger partial charge on any atom is -0.463 e. The van der Waals surface area contributed by atoms with E-state index in [1.54, 1.807) is 30.5 Å². The Bertz CT molecular complexity index is 1050. The van der Waals surface area contributed by atoms with Crippen LogP contribution in [-0.2, 0) is 4.79 Å². The third kappa shape index (κ3) is 3.54. The molecule has 29 heavy (non-hydrogen) atoms. The lowest BCUT2D eigenvalue weighted by Crippen LogP contribution is -2.52. The zero-order valence-corrected chi connectivity index (χ0v) is 15.7. The summed E-state index contributed by atoms with van der Waals surface area (Å²) < 4.78 is 12.2. The molecule has 1 saturated heterocycles. The molecule has 4 heterocycles. The van der Waals surface area contributed by atoms with E-state index in [9.17, 15) is 9.59 Å². The van der Waals surface area contributed by atoms with E-state index in [0.717, 1.165) is 18.6 Å². The van der Waals surface area contributed by atoms with Crippen molar-refractivity contribution in [3.05, 3.63) is 42.0 Å². The highest BCUT2D eigenvalue weighted by atomic mass is 16.5. The lowest BCUT2D eigenvalue weighted by atomic mass is 10.2. The number of hydrogen-bond donors (Lipinski definition) is 3. The average Bonchev–Trinajstić information content (AvgIpc) is 3.12.